The summed E-state index contributed by atoms with van der Waals surface area (Å²) < 4.78 is 5.54. The quantitative estimate of drug-likeness (QED) is 0.398. The number of fused-ring (bicyclic) bond motifs is 5. The molecule has 0 unspecified atom stereocenters. The second-order valence-electron chi connectivity index (χ2n) is 10.1. The fraction of sp³-hybridized carbons (Fsp3) is 0.407. The molecule has 0 spiro atoms. The van der Waals surface area contributed by atoms with Crippen molar-refractivity contribution in [2.45, 2.75) is 32.6 Å². The largest absolute Gasteiger partial charge is 0.426 e. The highest BCUT2D eigenvalue weighted by atomic mass is 16.5. The van der Waals surface area contributed by atoms with Crippen molar-refractivity contribution in [3.63, 3.8) is 0 Å². The van der Waals surface area contributed by atoms with E-state index in [1.54, 1.807) is 29.2 Å². The average Bonchev–Trinajstić information content (AvgIpc) is 3.58. The van der Waals surface area contributed by atoms with Gasteiger partial charge in [0.2, 0.25) is 17.7 Å². The molecule has 2 saturated carbocycles. The van der Waals surface area contributed by atoms with Crippen LogP contribution in [0.5, 0.6) is 5.75 Å². The third-order valence-electron chi connectivity index (χ3n) is 8.01. The van der Waals surface area contributed by atoms with Crippen molar-refractivity contribution < 1.29 is 23.9 Å². The number of benzene rings is 2. The number of hydrogen-bond acceptors (Lipinski definition) is 5. The third kappa shape index (κ3) is 3.25. The van der Waals surface area contributed by atoms with Gasteiger partial charge in [0.25, 0.3) is 0 Å². The number of carbonyl (C=O) groups excluding carboxylic acids is 4. The van der Waals surface area contributed by atoms with E-state index in [-0.39, 0.29) is 42.5 Å². The first-order valence-corrected chi connectivity index (χ1v) is 12.0. The topological polar surface area (TPSA) is 84.0 Å². The Hall–Kier alpha value is -3.48. The molecular weight excluding hydrogens is 432 g/mol. The number of esters is 1. The van der Waals surface area contributed by atoms with Crippen molar-refractivity contribution >= 4 is 35.1 Å². The van der Waals surface area contributed by atoms with Crippen LogP contribution in [0, 0.1) is 36.5 Å². The van der Waals surface area contributed by atoms with E-state index >= 15 is 0 Å². The summed E-state index contributed by atoms with van der Waals surface area (Å²) in [6.45, 7) is 2.24. The molecule has 0 N–H and O–H groups in total. The van der Waals surface area contributed by atoms with Crippen LogP contribution in [0.15, 0.2) is 48.5 Å². The monoisotopic (exact) mass is 458 g/mol. The molecule has 2 heterocycles. The van der Waals surface area contributed by atoms with E-state index in [1.807, 2.05) is 31.2 Å². The Bertz CT molecular complexity index is 1180. The van der Waals surface area contributed by atoms with E-state index in [2.05, 4.69) is 0 Å². The van der Waals surface area contributed by atoms with Crippen molar-refractivity contribution in [2.75, 3.05) is 16.3 Å². The lowest BCUT2D eigenvalue weighted by Gasteiger charge is -2.19. The summed E-state index contributed by atoms with van der Waals surface area (Å²) in [5.74, 6) is -0.626. The Labute approximate surface area is 197 Å². The number of imide groups is 1. The van der Waals surface area contributed by atoms with Crippen molar-refractivity contribution in [1.29, 1.82) is 0 Å². The summed E-state index contributed by atoms with van der Waals surface area (Å²) in [6.07, 6.45) is 3.18. The zero-order valence-corrected chi connectivity index (χ0v) is 19.0. The predicted molar refractivity (Wildman–Crippen MR) is 124 cm³/mol. The Balaban J connectivity index is 1.12. The van der Waals surface area contributed by atoms with Crippen LogP contribution in [-0.4, -0.2) is 30.2 Å². The van der Waals surface area contributed by atoms with Gasteiger partial charge >= 0.3 is 5.97 Å². The summed E-state index contributed by atoms with van der Waals surface area (Å²) in [4.78, 5) is 54.2. The number of amides is 3. The molecule has 7 heteroatoms. The molecule has 2 bridgehead atoms. The number of ether oxygens (including phenoxy) is 1. The molecule has 7 nitrogen and oxygen atoms in total. The normalized spacial score (nSPS) is 29.8. The first-order chi connectivity index (χ1) is 16.4. The number of nitrogens with zero attached hydrogens (tertiary/aromatic N) is 2. The molecule has 2 saturated heterocycles. The Morgan fingerprint density at radius 2 is 1.59 bits per heavy atom. The van der Waals surface area contributed by atoms with E-state index < -0.39 is 11.9 Å². The van der Waals surface area contributed by atoms with Crippen molar-refractivity contribution in [3.05, 3.63) is 54.1 Å². The van der Waals surface area contributed by atoms with E-state index in [9.17, 15) is 19.2 Å². The molecule has 174 valence electrons. The van der Waals surface area contributed by atoms with Crippen LogP contribution >= 0.6 is 0 Å². The van der Waals surface area contributed by atoms with E-state index in [0.717, 1.165) is 30.5 Å². The van der Waals surface area contributed by atoms with Gasteiger partial charge in [-0.1, -0.05) is 12.1 Å². The summed E-state index contributed by atoms with van der Waals surface area (Å²) in [7, 11) is 0. The molecule has 0 aromatic heterocycles. The molecule has 5 atom stereocenters. The second-order valence-corrected chi connectivity index (χ2v) is 10.1. The van der Waals surface area contributed by atoms with Gasteiger partial charge in [0, 0.05) is 18.7 Å². The maximum atomic E-state index is 13.0. The zero-order valence-electron chi connectivity index (χ0n) is 19.0. The fourth-order valence-electron chi connectivity index (χ4n) is 6.44. The van der Waals surface area contributed by atoms with E-state index in [4.69, 9.17) is 4.74 Å². The maximum Gasteiger partial charge on any atom is 0.316 e. The Kier molecular flexibility index (Phi) is 4.83. The minimum absolute atomic E-state index is 0.0901. The molecule has 2 aromatic carbocycles. The van der Waals surface area contributed by atoms with Crippen LogP contribution in [-0.2, 0) is 19.2 Å². The second kappa shape index (κ2) is 7.79. The smallest absolute Gasteiger partial charge is 0.316 e. The first-order valence-electron chi connectivity index (χ1n) is 12.0. The van der Waals surface area contributed by atoms with Gasteiger partial charge in [-0.15, -0.1) is 0 Å². The van der Waals surface area contributed by atoms with Gasteiger partial charge in [0.15, 0.2) is 0 Å². The van der Waals surface area contributed by atoms with Gasteiger partial charge in [0.1, 0.15) is 5.75 Å². The summed E-state index contributed by atoms with van der Waals surface area (Å²) in [5, 5.41) is 0. The Morgan fingerprint density at radius 1 is 0.912 bits per heavy atom. The molecule has 4 fully saturated rings. The number of carbonyl (C=O) groups is 4. The summed E-state index contributed by atoms with van der Waals surface area (Å²) >= 11 is 0. The van der Waals surface area contributed by atoms with Gasteiger partial charge in [-0.2, -0.15) is 0 Å². The number of hydrogen-bond donors (Lipinski definition) is 0. The van der Waals surface area contributed by atoms with E-state index in [1.165, 1.54) is 4.90 Å². The predicted octanol–water partition coefficient (Wildman–Crippen LogP) is 3.49. The summed E-state index contributed by atoms with van der Waals surface area (Å²) in [6, 6.07) is 14.1. The molecule has 2 aliphatic heterocycles. The van der Waals surface area contributed by atoms with Crippen molar-refractivity contribution in [2.24, 2.45) is 29.6 Å². The highest BCUT2D eigenvalue weighted by Gasteiger charge is 2.61. The number of anilines is 2. The molecule has 3 amide bonds. The van der Waals surface area contributed by atoms with Crippen molar-refractivity contribution in [1.82, 2.24) is 0 Å². The molecular formula is C27H26N2O5. The highest BCUT2D eigenvalue weighted by Crippen LogP contribution is 2.56. The van der Waals surface area contributed by atoms with Gasteiger partial charge in [0.05, 0.1) is 23.4 Å². The van der Waals surface area contributed by atoms with Gasteiger partial charge < -0.3 is 9.64 Å². The minimum atomic E-state index is -0.552. The lowest BCUT2D eigenvalue weighted by atomic mass is 9.81. The standard InChI is InChI=1S/C27H26N2O5/c1-15-3-2-4-20(11-15)28-14-18(13-22(28)30)27(33)34-21-9-7-19(8-10-21)29-25(31)23-16-5-6-17(12-16)24(23)26(29)32/h2-4,7-11,16-18,23-24H,5-6,12-14H2,1H3/t16-,17+,18-,23-,24-/m0/s1. The lowest BCUT2D eigenvalue weighted by Crippen LogP contribution is -2.32. The molecule has 0 radical (unpaired) electrons. The lowest BCUT2D eigenvalue weighted by molar-refractivity contribution is -0.139. The number of aryl methyl sites for hydroxylation is 1. The molecule has 2 aromatic rings. The minimum Gasteiger partial charge on any atom is -0.426 e. The zero-order chi connectivity index (χ0) is 23.6. The van der Waals surface area contributed by atoms with Crippen LogP contribution < -0.4 is 14.5 Å². The SMILES string of the molecule is Cc1cccc(N2C[C@@H](C(=O)Oc3ccc(N4C(=O)[C@H]5[C@@H]6CC[C@@H](C6)[C@@H]5C4=O)cc3)CC2=O)c1. The molecule has 2 aliphatic carbocycles. The van der Waals surface area contributed by atoms with Crippen LogP contribution in [0.4, 0.5) is 11.4 Å². The van der Waals surface area contributed by atoms with Crippen LogP contribution in [0.2, 0.25) is 0 Å². The highest BCUT2D eigenvalue weighted by molar-refractivity contribution is 6.22. The Morgan fingerprint density at radius 3 is 2.24 bits per heavy atom. The molecule has 6 rings (SSSR count). The van der Waals surface area contributed by atoms with Crippen LogP contribution in [0.3, 0.4) is 0 Å². The van der Waals surface area contributed by atoms with Crippen molar-refractivity contribution in [3.8, 4) is 5.75 Å². The van der Waals surface area contributed by atoms with E-state index in [0.29, 0.717) is 23.3 Å². The van der Waals surface area contributed by atoms with Gasteiger partial charge in [-0.05, 0) is 80.0 Å². The molecule has 34 heavy (non-hydrogen) atoms. The average molecular weight is 459 g/mol. The van der Waals surface area contributed by atoms with Gasteiger partial charge in [-0.25, -0.2) is 0 Å². The maximum absolute atomic E-state index is 13.0. The number of rotatable bonds is 4. The van der Waals surface area contributed by atoms with Crippen LogP contribution in [0.1, 0.15) is 31.2 Å². The van der Waals surface area contributed by atoms with Gasteiger partial charge in [-0.3, -0.25) is 24.1 Å². The molecule has 4 aliphatic rings. The fourth-order valence-corrected chi connectivity index (χ4v) is 6.44. The first kappa shape index (κ1) is 21.1. The van der Waals surface area contributed by atoms with Crippen LogP contribution in [0.25, 0.3) is 0 Å². The third-order valence-corrected chi connectivity index (χ3v) is 8.01. The summed E-state index contributed by atoms with van der Waals surface area (Å²) in [5.41, 5.74) is 2.34.